The Kier molecular flexibility index (Phi) is 6.26. The predicted octanol–water partition coefficient (Wildman–Crippen LogP) is 3.45. The maximum atomic E-state index is 12.6. The molecule has 2 fully saturated rings. The minimum absolute atomic E-state index is 0.182. The summed E-state index contributed by atoms with van der Waals surface area (Å²) in [6.07, 6.45) is 4.80. The second-order valence-corrected chi connectivity index (χ2v) is 8.94. The number of piperidine rings is 1. The summed E-state index contributed by atoms with van der Waals surface area (Å²) in [5.41, 5.74) is 3.50. The predicted molar refractivity (Wildman–Crippen MR) is 114 cm³/mol. The zero-order valence-electron chi connectivity index (χ0n) is 17.6. The van der Waals surface area contributed by atoms with Crippen LogP contribution < -0.4 is 0 Å². The standard InChI is InChI=1S/C24H34N2O3/c1-17-20-5-3-4-6-21(20)22(25(17)2)16-23(27)19-7-11-26(12-8-19)24(28)15-18-9-13-29-14-10-18/h3-6,18-19,22-23,27H,1,7-16H2,2H3/t22-,23-/m0/s1. The average Bonchev–Trinajstić information content (AvgIpc) is 2.99. The van der Waals surface area contributed by atoms with E-state index < -0.39 is 0 Å². The van der Waals surface area contributed by atoms with Crippen LogP contribution in [0.2, 0.25) is 0 Å². The van der Waals surface area contributed by atoms with Gasteiger partial charge in [0.15, 0.2) is 0 Å². The highest BCUT2D eigenvalue weighted by Crippen LogP contribution is 2.42. The van der Waals surface area contributed by atoms with Gasteiger partial charge in [0, 0.05) is 51.0 Å². The zero-order chi connectivity index (χ0) is 20.4. The lowest BCUT2D eigenvalue weighted by Crippen LogP contribution is -2.42. The number of benzene rings is 1. The van der Waals surface area contributed by atoms with Crippen LogP contribution in [-0.4, -0.2) is 60.3 Å². The topological polar surface area (TPSA) is 53.0 Å². The van der Waals surface area contributed by atoms with E-state index in [1.807, 2.05) is 11.0 Å². The number of amides is 1. The molecule has 1 amide bonds. The smallest absolute Gasteiger partial charge is 0.222 e. The van der Waals surface area contributed by atoms with Crippen molar-refractivity contribution in [1.82, 2.24) is 9.80 Å². The van der Waals surface area contributed by atoms with Gasteiger partial charge in [-0.3, -0.25) is 4.79 Å². The van der Waals surface area contributed by atoms with Crippen LogP contribution in [0.4, 0.5) is 0 Å². The Bertz CT molecular complexity index is 735. The molecule has 3 aliphatic heterocycles. The number of rotatable bonds is 5. The molecule has 1 N–H and O–H groups in total. The van der Waals surface area contributed by atoms with E-state index in [0.29, 0.717) is 18.8 Å². The lowest BCUT2D eigenvalue weighted by molar-refractivity contribution is -0.135. The Hall–Kier alpha value is -1.85. The lowest BCUT2D eigenvalue weighted by Gasteiger charge is -2.36. The van der Waals surface area contributed by atoms with Gasteiger partial charge in [0.1, 0.15) is 0 Å². The van der Waals surface area contributed by atoms with Gasteiger partial charge in [-0.2, -0.15) is 0 Å². The molecule has 0 saturated carbocycles. The fourth-order valence-corrected chi connectivity index (χ4v) is 5.20. The maximum absolute atomic E-state index is 12.6. The highest BCUT2D eigenvalue weighted by Gasteiger charge is 2.35. The number of nitrogens with zero attached hydrogens (tertiary/aromatic N) is 2. The van der Waals surface area contributed by atoms with E-state index in [1.165, 1.54) is 11.1 Å². The molecule has 1 aromatic carbocycles. The second kappa shape index (κ2) is 8.88. The van der Waals surface area contributed by atoms with E-state index in [1.54, 1.807) is 0 Å². The Morgan fingerprint density at radius 1 is 1.21 bits per heavy atom. The van der Waals surface area contributed by atoms with Crippen molar-refractivity contribution in [2.24, 2.45) is 11.8 Å². The first kappa shape index (κ1) is 20.4. The minimum Gasteiger partial charge on any atom is -0.393 e. The Balaban J connectivity index is 1.29. The van der Waals surface area contributed by atoms with Crippen LogP contribution in [0, 0.1) is 11.8 Å². The number of aliphatic hydroxyl groups is 1. The van der Waals surface area contributed by atoms with Crippen molar-refractivity contribution in [1.29, 1.82) is 0 Å². The van der Waals surface area contributed by atoms with Gasteiger partial charge in [-0.15, -0.1) is 0 Å². The molecule has 158 valence electrons. The fraction of sp³-hybridized carbons (Fsp3) is 0.625. The third-order valence-electron chi connectivity index (χ3n) is 7.23. The number of ether oxygens (including phenoxy) is 1. The van der Waals surface area contributed by atoms with Gasteiger partial charge in [-0.05, 0) is 49.5 Å². The summed E-state index contributed by atoms with van der Waals surface area (Å²) in [5.74, 6) is 1.02. The maximum Gasteiger partial charge on any atom is 0.222 e. The number of hydrogen-bond donors (Lipinski definition) is 1. The number of carbonyl (C=O) groups is 1. The van der Waals surface area contributed by atoms with E-state index in [2.05, 4.69) is 36.7 Å². The summed E-state index contributed by atoms with van der Waals surface area (Å²) in [7, 11) is 2.07. The molecule has 0 spiro atoms. The van der Waals surface area contributed by atoms with Crippen molar-refractivity contribution in [3.05, 3.63) is 42.0 Å². The van der Waals surface area contributed by atoms with Crippen molar-refractivity contribution >= 4 is 11.6 Å². The van der Waals surface area contributed by atoms with Crippen LogP contribution >= 0.6 is 0 Å². The van der Waals surface area contributed by atoms with Crippen LogP contribution in [0.5, 0.6) is 0 Å². The summed E-state index contributed by atoms with van der Waals surface area (Å²) in [6, 6.07) is 8.56. The third kappa shape index (κ3) is 4.36. The summed E-state index contributed by atoms with van der Waals surface area (Å²) < 4.78 is 5.40. The molecular weight excluding hydrogens is 364 g/mol. The molecule has 0 aliphatic carbocycles. The first-order valence-corrected chi connectivity index (χ1v) is 11.1. The summed E-state index contributed by atoms with van der Waals surface area (Å²) >= 11 is 0. The molecule has 3 aliphatic rings. The molecule has 0 bridgehead atoms. The van der Waals surface area contributed by atoms with E-state index in [-0.39, 0.29) is 24.0 Å². The van der Waals surface area contributed by atoms with Gasteiger partial charge >= 0.3 is 0 Å². The molecule has 0 aromatic heterocycles. The molecule has 0 radical (unpaired) electrons. The number of fused-ring (bicyclic) bond motifs is 1. The molecule has 2 saturated heterocycles. The second-order valence-electron chi connectivity index (χ2n) is 8.94. The van der Waals surface area contributed by atoms with Gasteiger partial charge in [-0.1, -0.05) is 30.8 Å². The number of carbonyl (C=O) groups excluding carboxylic acids is 1. The number of likely N-dealkylation sites (tertiary alicyclic amines) is 1. The highest BCUT2D eigenvalue weighted by molar-refractivity contribution is 5.76. The molecule has 4 rings (SSSR count). The quantitative estimate of drug-likeness (QED) is 0.825. The van der Waals surface area contributed by atoms with Crippen molar-refractivity contribution in [3.8, 4) is 0 Å². The lowest BCUT2D eigenvalue weighted by atomic mass is 9.86. The van der Waals surface area contributed by atoms with E-state index in [4.69, 9.17) is 4.74 Å². The molecule has 3 heterocycles. The van der Waals surface area contributed by atoms with Gasteiger partial charge in [0.05, 0.1) is 12.1 Å². The monoisotopic (exact) mass is 398 g/mol. The normalized spacial score (nSPS) is 24.6. The van der Waals surface area contributed by atoms with Crippen LogP contribution in [0.1, 0.15) is 55.7 Å². The highest BCUT2D eigenvalue weighted by atomic mass is 16.5. The van der Waals surface area contributed by atoms with E-state index >= 15 is 0 Å². The fourth-order valence-electron chi connectivity index (χ4n) is 5.20. The van der Waals surface area contributed by atoms with Crippen molar-refractivity contribution in [2.45, 2.75) is 50.7 Å². The minimum atomic E-state index is -0.353. The number of hydrogen-bond acceptors (Lipinski definition) is 4. The van der Waals surface area contributed by atoms with Gasteiger partial charge < -0.3 is 19.6 Å². The Labute approximate surface area is 174 Å². The van der Waals surface area contributed by atoms with Crippen LogP contribution in [0.25, 0.3) is 5.70 Å². The molecule has 5 nitrogen and oxygen atoms in total. The average molecular weight is 399 g/mol. The number of aliphatic hydroxyl groups excluding tert-OH is 1. The Morgan fingerprint density at radius 2 is 1.90 bits per heavy atom. The van der Waals surface area contributed by atoms with E-state index in [0.717, 1.165) is 57.7 Å². The largest absolute Gasteiger partial charge is 0.393 e. The third-order valence-corrected chi connectivity index (χ3v) is 7.23. The Morgan fingerprint density at radius 3 is 2.62 bits per heavy atom. The molecule has 0 unspecified atom stereocenters. The molecular formula is C24H34N2O3. The first-order chi connectivity index (χ1) is 14.0. The van der Waals surface area contributed by atoms with Gasteiger partial charge in [0.2, 0.25) is 5.91 Å². The molecule has 29 heavy (non-hydrogen) atoms. The first-order valence-electron chi connectivity index (χ1n) is 11.1. The molecule has 1 aromatic rings. The van der Waals surface area contributed by atoms with Crippen LogP contribution in [0.15, 0.2) is 30.8 Å². The molecule has 2 atom stereocenters. The summed E-state index contributed by atoms with van der Waals surface area (Å²) in [6.45, 7) is 7.34. The SMILES string of the molecule is C=C1c2ccccc2[C@H](C[C@H](O)C2CCN(C(=O)CC3CCOCC3)CC2)N1C. The van der Waals surface area contributed by atoms with Crippen molar-refractivity contribution in [2.75, 3.05) is 33.4 Å². The van der Waals surface area contributed by atoms with Crippen molar-refractivity contribution in [3.63, 3.8) is 0 Å². The summed E-state index contributed by atoms with van der Waals surface area (Å²) in [5, 5.41) is 11.0. The zero-order valence-corrected chi connectivity index (χ0v) is 17.6. The van der Waals surface area contributed by atoms with Crippen LogP contribution in [-0.2, 0) is 9.53 Å². The van der Waals surface area contributed by atoms with Crippen molar-refractivity contribution < 1.29 is 14.6 Å². The molecule has 5 heteroatoms. The van der Waals surface area contributed by atoms with E-state index in [9.17, 15) is 9.90 Å². The van der Waals surface area contributed by atoms with Gasteiger partial charge in [-0.25, -0.2) is 0 Å². The van der Waals surface area contributed by atoms with Gasteiger partial charge in [0.25, 0.3) is 0 Å². The van der Waals surface area contributed by atoms with Crippen LogP contribution in [0.3, 0.4) is 0 Å². The summed E-state index contributed by atoms with van der Waals surface area (Å²) in [4.78, 5) is 16.9.